The van der Waals surface area contributed by atoms with E-state index in [-0.39, 0.29) is 0 Å². The van der Waals surface area contributed by atoms with Crippen LogP contribution in [0.3, 0.4) is 0 Å². The first-order chi connectivity index (χ1) is 8.63. The summed E-state index contributed by atoms with van der Waals surface area (Å²) in [5.74, 6) is 0. The van der Waals surface area contributed by atoms with Gasteiger partial charge in [0.15, 0.2) is 0 Å². The first-order valence-electron chi connectivity index (χ1n) is 6.99. The number of hydrogen-bond acceptors (Lipinski definition) is 2. The fraction of sp³-hybridized carbons (Fsp3) is 0.625. The predicted molar refractivity (Wildman–Crippen MR) is 79.8 cm³/mol. The van der Waals surface area contributed by atoms with Crippen molar-refractivity contribution in [2.24, 2.45) is 0 Å². The van der Waals surface area contributed by atoms with Crippen molar-refractivity contribution in [1.82, 2.24) is 4.90 Å². The lowest BCUT2D eigenvalue weighted by Crippen LogP contribution is -2.18. The molecule has 0 radical (unpaired) electrons. The van der Waals surface area contributed by atoms with Crippen molar-refractivity contribution in [3.63, 3.8) is 0 Å². The lowest BCUT2D eigenvalue weighted by Gasteiger charge is -2.15. The first-order valence-corrected chi connectivity index (χ1v) is 6.99. The maximum absolute atomic E-state index is 8.07. The van der Waals surface area contributed by atoms with Crippen molar-refractivity contribution in [2.45, 2.75) is 46.6 Å². The molecule has 0 aromatic heterocycles. The van der Waals surface area contributed by atoms with E-state index in [9.17, 15) is 0 Å². The molecule has 2 heteroatoms. The monoisotopic (exact) mass is 251 g/mol. The largest absolute Gasteiger partial charge is 0.396 e. The molecule has 0 unspecified atom stereocenters. The summed E-state index contributed by atoms with van der Waals surface area (Å²) in [4.78, 5) is 2.36. The smallest absolute Gasteiger partial charge is 0.0430 e. The minimum absolute atomic E-state index is 0.344. The Morgan fingerprint density at radius 1 is 1.17 bits per heavy atom. The maximum Gasteiger partial charge on any atom is 0.0430 e. The van der Waals surface area contributed by atoms with Gasteiger partial charge in [0.2, 0.25) is 0 Å². The van der Waals surface area contributed by atoms with Crippen LogP contribution in [0.25, 0.3) is 0 Å². The van der Waals surface area contributed by atoms with Gasteiger partial charge in [-0.15, -0.1) is 0 Å². The third-order valence-corrected chi connectivity index (χ3v) is 2.65. The van der Waals surface area contributed by atoms with Gasteiger partial charge in [-0.1, -0.05) is 50.1 Å². The first kappa shape index (κ1) is 17.1. The van der Waals surface area contributed by atoms with Gasteiger partial charge in [-0.25, -0.2) is 0 Å². The second-order valence-electron chi connectivity index (χ2n) is 4.80. The Hall–Kier alpha value is -0.860. The highest BCUT2D eigenvalue weighted by Gasteiger charge is 1.98. The van der Waals surface area contributed by atoms with Gasteiger partial charge < -0.3 is 10.0 Å². The van der Waals surface area contributed by atoms with Crippen molar-refractivity contribution < 1.29 is 5.11 Å². The zero-order valence-electron chi connectivity index (χ0n) is 12.4. The molecular weight excluding hydrogens is 222 g/mol. The average molecular weight is 251 g/mol. The molecule has 1 rings (SSSR count). The van der Waals surface area contributed by atoms with E-state index in [1.165, 1.54) is 24.1 Å². The Labute approximate surface area is 113 Å². The fourth-order valence-corrected chi connectivity index (χ4v) is 1.74. The topological polar surface area (TPSA) is 23.5 Å². The van der Waals surface area contributed by atoms with Gasteiger partial charge in [0.25, 0.3) is 0 Å². The predicted octanol–water partition coefficient (Wildman–Crippen LogP) is 3.62. The van der Waals surface area contributed by atoms with E-state index in [1.54, 1.807) is 0 Å². The quantitative estimate of drug-likeness (QED) is 0.835. The highest BCUT2D eigenvalue weighted by atomic mass is 16.2. The van der Waals surface area contributed by atoms with Crippen molar-refractivity contribution in [3.8, 4) is 0 Å². The summed E-state index contributed by atoms with van der Waals surface area (Å²) in [5, 5.41) is 8.07. The molecule has 0 saturated carbocycles. The molecule has 1 aromatic rings. The summed E-state index contributed by atoms with van der Waals surface area (Å²) in [6, 6.07) is 8.72. The van der Waals surface area contributed by atoms with Crippen LogP contribution in [0.5, 0.6) is 0 Å². The number of rotatable bonds is 6. The number of nitrogens with zero attached hydrogens (tertiary/aromatic N) is 1. The molecule has 0 aliphatic carbocycles. The molecule has 1 N–H and O–H groups in total. The molecule has 0 bridgehead atoms. The van der Waals surface area contributed by atoms with Crippen LogP contribution < -0.4 is 0 Å². The summed E-state index contributed by atoms with van der Waals surface area (Å²) in [6.07, 6.45) is 3.26. The molecule has 0 atom stereocenters. The van der Waals surface area contributed by atoms with Gasteiger partial charge in [0.05, 0.1) is 0 Å². The second-order valence-corrected chi connectivity index (χ2v) is 4.80. The van der Waals surface area contributed by atoms with Crippen LogP contribution in [-0.4, -0.2) is 30.2 Å². The molecule has 0 amide bonds. The highest BCUT2D eigenvalue weighted by Crippen LogP contribution is 2.06. The van der Waals surface area contributed by atoms with E-state index in [0.29, 0.717) is 6.61 Å². The van der Waals surface area contributed by atoms with Gasteiger partial charge >= 0.3 is 0 Å². The molecule has 2 nitrogen and oxygen atoms in total. The summed E-state index contributed by atoms with van der Waals surface area (Å²) in [6.45, 7) is 8.99. The molecule has 0 heterocycles. The van der Waals surface area contributed by atoms with E-state index in [1.807, 2.05) is 0 Å². The Morgan fingerprint density at radius 3 is 2.33 bits per heavy atom. The van der Waals surface area contributed by atoms with Crippen molar-refractivity contribution in [3.05, 3.63) is 35.4 Å². The van der Waals surface area contributed by atoms with E-state index in [2.05, 4.69) is 57.0 Å². The van der Waals surface area contributed by atoms with Gasteiger partial charge in [-0.3, -0.25) is 0 Å². The highest BCUT2D eigenvalue weighted by molar-refractivity contribution is 5.21. The summed E-state index contributed by atoms with van der Waals surface area (Å²) < 4.78 is 0. The Kier molecular flexibility index (Phi) is 10.7. The van der Waals surface area contributed by atoms with E-state index >= 15 is 0 Å². The third kappa shape index (κ3) is 9.20. The second kappa shape index (κ2) is 11.2. The molecular formula is C16H29NO. The van der Waals surface area contributed by atoms with Gasteiger partial charge in [0, 0.05) is 13.2 Å². The zero-order valence-corrected chi connectivity index (χ0v) is 12.4. The summed E-state index contributed by atoms with van der Waals surface area (Å²) >= 11 is 0. The lowest BCUT2D eigenvalue weighted by molar-refractivity contribution is 0.287. The minimum atomic E-state index is 0.344. The van der Waals surface area contributed by atoms with Crippen LogP contribution in [-0.2, 0) is 6.54 Å². The van der Waals surface area contributed by atoms with E-state index < -0.39 is 0 Å². The van der Waals surface area contributed by atoms with Gasteiger partial charge in [0.1, 0.15) is 0 Å². The van der Waals surface area contributed by atoms with Crippen LogP contribution in [0.1, 0.15) is 44.2 Å². The van der Waals surface area contributed by atoms with Gasteiger partial charge in [-0.2, -0.15) is 0 Å². The summed E-state index contributed by atoms with van der Waals surface area (Å²) in [5.41, 5.74) is 2.76. The number of aryl methyl sites for hydroxylation is 1. The molecule has 104 valence electrons. The maximum atomic E-state index is 8.07. The van der Waals surface area contributed by atoms with Crippen molar-refractivity contribution >= 4 is 0 Å². The fourth-order valence-electron chi connectivity index (χ4n) is 1.74. The number of hydrogen-bond donors (Lipinski definition) is 1. The Balaban J connectivity index is 0.000000494. The summed E-state index contributed by atoms with van der Waals surface area (Å²) in [7, 11) is 2.17. The van der Waals surface area contributed by atoms with Crippen LogP contribution in [0.2, 0.25) is 0 Å². The van der Waals surface area contributed by atoms with Crippen molar-refractivity contribution in [2.75, 3.05) is 20.2 Å². The number of aliphatic hydroxyl groups excluding tert-OH is 1. The Bertz CT molecular complexity index is 297. The van der Waals surface area contributed by atoms with Crippen LogP contribution in [0, 0.1) is 6.92 Å². The van der Waals surface area contributed by atoms with Crippen LogP contribution in [0.15, 0.2) is 24.3 Å². The van der Waals surface area contributed by atoms with Crippen LogP contribution in [0.4, 0.5) is 0 Å². The van der Waals surface area contributed by atoms with Crippen molar-refractivity contribution in [1.29, 1.82) is 0 Å². The molecule has 1 aromatic carbocycles. The van der Waals surface area contributed by atoms with E-state index in [4.69, 9.17) is 5.11 Å². The SMILES string of the molecule is CCCCO.CCCN(C)Cc1cccc(C)c1. The van der Waals surface area contributed by atoms with E-state index in [0.717, 1.165) is 19.4 Å². The molecule has 0 saturated heterocycles. The molecule has 18 heavy (non-hydrogen) atoms. The third-order valence-electron chi connectivity index (χ3n) is 2.65. The lowest BCUT2D eigenvalue weighted by atomic mass is 10.1. The number of aliphatic hydroxyl groups is 1. The normalized spacial score (nSPS) is 10.1. The standard InChI is InChI=1S/C12H19N.C4H10O/c1-4-8-13(3)10-12-7-5-6-11(2)9-12;1-2-3-4-5/h5-7,9H,4,8,10H2,1-3H3;5H,2-4H2,1H3. The Morgan fingerprint density at radius 2 is 1.89 bits per heavy atom. The average Bonchev–Trinajstić information content (AvgIpc) is 2.31. The van der Waals surface area contributed by atoms with Gasteiger partial charge in [-0.05, 0) is 38.9 Å². The minimum Gasteiger partial charge on any atom is -0.396 e. The molecule has 0 aliphatic heterocycles. The molecule has 0 spiro atoms. The zero-order chi connectivity index (χ0) is 13.8. The molecule has 0 aliphatic rings. The number of benzene rings is 1. The number of unbranched alkanes of at least 4 members (excludes halogenated alkanes) is 1. The van der Waals surface area contributed by atoms with Crippen LogP contribution >= 0.6 is 0 Å². The molecule has 0 fully saturated rings.